The van der Waals surface area contributed by atoms with Crippen molar-refractivity contribution < 1.29 is 19.0 Å². The SMILES string of the molecule is O=C(OCc1ccccc1)c1cc(OCc2ccccc2)c(OCc2ccccc2)cn1. The van der Waals surface area contributed by atoms with Crippen LogP contribution < -0.4 is 9.47 Å². The Morgan fingerprint density at radius 2 is 1.09 bits per heavy atom. The molecule has 0 saturated carbocycles. The number of ether oxygens (including phenoxy) is 3. The number of hydrogen-bond acceptors (Lipinski definition) is 5. The van der Waals surface area contributed by atoms with Crippen molar-refractivity contribution in [1.29, 1.82) is 0 Å². The molecule has 3 aromatic carbocycles. The van der Waals surface area contributed by atoms with E-state index in [0.29, 0.717) is 24.7 Å². The fraction of sp³-hybridized carbons (Fsp3) is 0.111. The van der Waals surface area contributed by atoms with Crippen molar-refractivity contribution >= 4 is 5.97 Å². The zero-order valence-electron chi connectivity index (χ0n) is 17.5. The first kappa shape index (κ1) is 21.1. The molecule has 0 aliphatic rings. The van der Waals surface area contributed by atoms with Gasteiger partial charge in [-0.15, -0.1) is 0 Å². The van der Waals surface area contributed by atoms with Crippen LogP contribution in [0.5, 0.6) is 11.5 Å². The Kier molecular flexibility index (Phi) is 7.11. The Labute approximate surface area is 187 Å². The topological polar surface area (TPSA) is 57.7 Å². The van der Waals surface area contributed by atoms with Crippen molar-refractivity contribution in [3.8, 4) is 11.5 Å². The maximum Gasteiger partial charge on any atom is 0.357 e. The van der Waals surface area contributed by atoms with Crippen LogP contribution in [0.1, 0.15) is 27.2 Å². The summed E-state index contributed by atoms with van der Waals surface area (Å²) in [7, 11) is 0. The van der Waals surface area contributed by atoms with E-state index in [1.54, 1.807) is 6.07 Å². The van der Waals surface area contributed by atoms with Crippen LogP contribution >= 0.6 is 0 Å². The number of carbonyl (C=O) groups excluding carboxylic acids is 1. The molecule has 5 heteroatoms. The Morgan fingerprint density at radius 1 is 0.625 bits per heavy atom. The molecule has 0 saturated heterocycles. The van der Waals surface area contributed by atoms with Crippen molar-refractivity contribution in [3.63, 3.8) is 0 Å². The first-order valence-corrected chi connectivity index (χ1v) is 10.3. The summed E-state index contributed by atoms with van der Waals surface area (Å²) < 4.78 is 17.3. The fourth-order valence-corrected chi connectivity index (χ4v) is 3.02. The summed E-state index contributed by atoms with van der Waals surface area (Å²) >= 11 is 0. The molecule has 160 valence electrons. The molecule has 1 heterocycles. The highest BCUT2D eigenvalue weighted by Gasteiger charge is 2.15. The van der Waals surface area contributed by atoms with Gasteiger partial charge in [-0.3, -0.25) is 0 Å². The van der Waals surface area contributed by atoms with Gasteiger partial charge in [0, 0.05) is 6.07 Å². The number of hydrogen-bond donors (Lipinski definition) is 0. The highest BCUT2D eigenvalue weighted by atomic mass is 16.5. The van der Waals surface area contributed by atoms with Gasteiger partial charge in [0.15, 0.2) is 17.2 Å². The second kappa shape index (κ2) is 10.8. The predicted molar refractivity (Wildman–Crippen MR) is 121 cm³/mol. The number of nitrogens with zero attached hydrogens (tertiary/aromatic N) is 1. The van der Waals surface area contributed by atoms with Crippen LogP contribution in [0.2, 0.25) is 0 Å². The van der Waals surface area contributed by atoms with Gasteiger partial charge in [-0.2, -0.15) is 0 Å². The van der Waals surface area contributed by atoms with Gasteiger partial charge < -0.3 is 14.2 Å². The molecule has 0 unspecified atom stereocenters. The van der Waals surface area contributed by atoms with Gasteiger partial charge in [-0.05, 0) is 16.7 Å². The molecule has 32 heavy (non-hydrogen) atoms. The molecule has 0 fully saturated rings. The summed E-state index contributed by atoms with van der Waals surface area (Å²) in [6, 6.07) is 30.7. The van der Waals surface area contributed by atoms with Crippen molar-refractivity contribution in [3.05, 3.63) is 126 Å². The molecule has 0 amide bonds. The van der Waals surface area contributed by atoms with Crippen LogP contribution in [-0.4, -0.2) is 11.0 Å². The molecule has 1 aromatic heterocycles. The lowest BCUT2D eigenvalue weighted by Crippen LogP contribution is -2.09. The number of rotatable bonds is 9. The van der Waals surface area contributed by atoms with E-state index in [9.17, 15) is 4.79 Å². The molecule has 0 bridgehead atoms. The number of pyridine rings is 1. The summed E-state index contributed by atoms with van der Waals surface area (Å²) in [4.78, 5) is 16.8. The lowest BCUT2D eigenvalue weighted by molar-refractivity contribution is 0.0465. The van der Waals surface area contributed by atoms with Crippen molar-refractivity contribution in [2.75, 3.05) is 0 Å². The van der Waals surface area contributed by atoms with E-state index in [0.717, 1.165) is 16.7 Å². The van der Waals surface area contributed by atoms with E-state index in [2.05, 4.69) is 4.98 Å². The maximum absolute atomic E-state index is 12.6. The first-order valence-electron chi connectivity index (χ1n) is 10.3. The van der Waals surface area contributed by atoms with Crippen LogP contribution in [0.3, 0.4) is 0 Å². The minimum atomic E-state index is -0.520. The molecular weight excluding hydrogens is 402 g/mol. The third-order valence-corrected chi connectivity index (χ3v) is 4.73. The van der Waals surface area contributed by atoms with Gasteiger partial charge in [0.2, 0.25) is 0 Å². The molecule has 0 spiro atoms. The third kappa shape index (κ3) is 5.95. The molecule has 4 rings (SSSR count). The number of esters is 1. The van der Waals surface area contributed by atoms with Crippen LogP contribution in [0.4, 0.5) is 0 Å². The number of aromatic nitrogens is 1. The van der Waals surface area contributed by atoms with Gasteiger partial charge in [0.1, 0.15) is 19.8 Å². The quantitative estimate of drug-likeness (QED) is 0.327. The zero-order chi connectivity index (χ0) is 22.0. The van der Waals surface area contributed by atoms with Gasteiger partial charge in [0.05, 0.1) is 6.20 Å². The largest absolute Gasteiger partial charge is 0.485 e. The highest BCUT2D eigenvalue weighted by molar-refractivity contribution is 5.87. The van der Waals surface area contributed by atoms with E-state index < -0.39 is 5.97 Å². The Hall–Kier alpha value is -4.12. The predicted octanol–water partition coefficient (Wildman–Crippen LogP) is 5.60. The van der Waals surface area contributed by atoms with Gasteiger partial charge in [-0.25, -0.2) is 9.78 Å². The summed E-state index contributed by atoms with van der Waals surface area (Å²) in [5, 5.41) is 0. The number of benzene rings is 3. The molecule has 0 N–H and O–H groups in total. The lowest BCUT2D eigenvalue weighted by atomic mass is 10.2. The molecule has 0 aliphatic heterocycles. The van der Waals surface area contributed by atoms with Crippen LogP contribution in [0, 0.1) is 0 Å². The van der Waals surface area contributed by atoms with E-state index in [1.807, 2.05) is 91.0 Å². The summed E-state index contributed by atoms with van der Waals surface area (Å²) in [5.74, 6) is 0.379. The minimum absolute atomic E-state index is 0.163. The lowest BCUT2D eigenvalue weighted by Gasteiger charge is -2.14. The van der Waals surface area contributed by atoms with E-state index in [1.165, 1.54) is 6.20 Å². The molecule has 0 aliphatic carbocycles. The summed E-state index contributed by atoms with van der Waals surface area (Å²) in [6.45, 7) is 0.876. The fourth-order valence-electron chi connectivity index (χ4n) is 3.02. The zero-order valence-corrected chi connectivity index (χ0v) is 17.5. The Bertz CT molecular complexity index is 1130. The van der Waals surface area contributed by atoms with Crippen molar-refractivity contribution in [2.45, 2.75) is 19.8 Å². The number of carbonyl (C=O) groups is 1. The van der Waals surface area contributed by atoms with Gasteiger partial charge >= 0.3 is 5.97 Å². The average Bonchev–Trinajstić information content (AvgIpc) is 2.87. The second-order valence-corrected chi connectivity index (χ2v) is 7.13. The molecule has 0 radical (unpaired) electrons. The second-order valence-electron chi connectivity index (χ2n) is 7.13. The monoisotopic (exact) mass is 425 g/mol. The molecule has 4 aromatic rings. The molecular formula is C27H23NO4. The summed E-state index contributed by atoms with van der Waals surface area (Å²) in [5.41, 5.74) is 3.10. The van der Waals surface area contributed by atoms with Crippen LogP contribution in [-0.2, 0) is 24.6 Å². The molecule has 5 nitrogen and oxygen atoms in total. The van der Waals surface area contributed by atoms with Crippen LogP contribution in [0.25, 0.3) is 0 Å². The Balaban J connectivity index is 1.49. The minimum Gasteiger partial charge on any atom is -0.485 e. The van der Waals surface area contributed by atoms with E-state index in [4.69, 9.17) is 14.2 Å². The standard InChI is InChI=1S/C27H23NO4/c29-27(32-20-23-14-8-3-9-15-23)24-16-25(30-18-21-10-4-1-5-11-21)26(17-28-24)31-19-22-12-6-2-7-13-22/h1-17H,18-20H2. The molecule has 0 atom stereocenters. The van der Waals surface area contributed by atoms with E-state index in [-0.39, 0.29) is 12.3 Å². The van der Waals surface area contributed by atoms with E-state index >= 15 is 0 Å². The van der Waals surface area contributed by atoms with Crippen molar-refractivity contribution in [2.24, 2.45) is 0 Å². The maximum atomic E-state index is 12.6. The van der Waals surface area contributed by atoms with Gasteiger partial charge in [-0.1, -0.05) is 91.0 Å². The summed E-state index contributed by atoms with van der Waals surface area (Å²) in [6.07, 6.45) is 1.50. The average molecular weight is 425 g/mol. The van der Waals surface area contributed by atoms with Crippen LogP contribution in [0.15, 0.2) is 103 Å². The highest BCUT2D eigenvalue weighted by Crippen LogP contribution is 2.29. The van der Waals surface area contributed by atoms with Gasteiger partial charge in [0.25, 0.3) is 0 Å². The Morgan fingerprint density at radius 3 is 1.62 bits per heavy atom. The third-order valence-electron chi connectivity index (χ3n) is 4.73. The smallest absolute Gasteiger partial charge is 0.357 e. The normalized spacial score (nSPS) is 10.4. The first-order chi connectivity index (χ1) is 15.8. The van der Waals surface area contributed by atoms with Crippen molar-refractivity contribution in [1.82, 2.24) is 4.98 Å².